The maximum Gasteiger partial charge on any atom is 0.224 e. The van der Waals surface area contributed by atoms with Gasteiger partial charge in [0.05, 0.1) is 11.6 Å². The molecule has 0 spiro atoms. The molecule has 156 valence electrons. The number of aromatic nitrogens is 2. The van der Waals surface area contributed by atoms with Crippen molar-refractivity contribution in [2.24, 2.45) is 5.92 Å². The van der Waals surface area contributed by atoms with Crippen LogP contribution in [0.15, 0.2) is 36.4 Å². The molecule has 2 heterocycles. The normalized spacial score (nSPS) is 16.8. The summed E-state index contributed by atoms with van der Waals surface area (Å²) in [7, 11) is 0. The minimum atomic E-state index is -0.0990. The van der Waals surface area contributed by atoms with Crippen molar-refractivity contribution >= 4 is 11.8 Å². The Morgan fingerprint density at radius 3 is 2.69 bits per heavy atom. The molecule has 0 radical (unpaired) electrons. The molecule has 1 aromatic carbocycles. The first-order chi connectivity index (χ1) is 14.0. The Labute approximate surface area is 173 Å². The van der Waals surface area contributed by atoms with Gasteiger partial charge in [0.1, 0.15) is 0 Å². The molecule has 1 saturated heterocycles. The molecule has 3 rings (SSSR count). The van der Waals surface area contributed by atoms with Gasteiger partial charge in [0, 0.05) is 38.3 Å². The minimum absolute atomic E-state index is 0.0685. The fourth-order valence-corrected chi connectivity index (χ4v) is 3.95. The third-order valence-electron chi connectivity index (χ3n) is 5.56. The number of amides is 2. The van der Waals surface area contributed by atoms with Crippen molar-refractivity contribution in [3.8, 4) is 0 Å². The molecule has 6 nitrogen and oxygen atoms in total. The van der Waals surface area contributed by atoms with Gasteiger partial charge in [-0.1, -0.05) is 30.3 Å². The summed E-state index contributed by atoms with van der Waals surface area (Å²) >= 11 is 0. The zero-order chi connectivity index (χ0) is 20.6. The van der Waals surface area contributed by atoms with Gasteiger partial charge in [0.25, 0.3) is 0 Å². The van der Waals surface area contributed by atoms with E-state index < -0.39 is 0 Å². The number of aryl methyl sites for hydroxylation is 4. The monoisotopic (exact) mass is 396 g/mol. The SMILES string of the molecule is Cc1cc(C)n(CCCNC(=O)[C@H]2CCC(=O)N(CCCc3ccccc3)C2)n1. The fourth-order valence-electron chi connectivity index (χ4n) is 3.95. The molecule has 2 amide bonds. The third kappa shape index (κ3) is 6.17. The first kappa shape index (κ1) is 21.1. The van der Waals surface area contributed by atoms with Crippen LogP contribution in [-0.4, -0.2) is 46.1 Å². The largest absolute Gasteiger partial charge is 0.356 e. The highest BCUT2D eigenvalue weighted by molar-refractivity contribution is 5.83. The number of likely N-dealkylation sites (tertiary alicyclic amines) is 1. The van der Waals surface area contributed by atoms with E-state index in [2.05, 4.69) is 28.6 Å². The second kappa shape index (κ2) is 10.2. The van der Waals surface area contributed by atoms with Crippen LogP contribution in [-0.2, 0) is 22.6 Å². The molecule has 0 unspecified atom stereocenters. The van der Waals surface area contributed by atoms with E-state index in [0.29, 0.717) is 25.9 Å². The van der Waals surface area contributed by atoms with Crippen LogP contribution in [0, 0.1) is 19.8 Å². The summed E-state index contributed by atoms with van der Waals surface area (Å²) in [5.41, 5.74) is 3.45. The van der Waals surface area contributed by atoms with Gasteiger partial charge >= 0.3 is 0 Å². The summed E-state index contributed by atoms with van der Waals surface area (Å²) in [5.74, 6) is 0.142. The Bertz CT molecular complexity index is 816. The third-order valence-corrected chi connectivity index (χ3v) is 5.56. The summed E-state index contributed by atoms with van der Waals surface area (Å²) in [5, 5.41) is 7.49. The lowest BCUT2D eigenvalue weighted by Gasteiger charge is -2.32. The smallest absolute Gasteiger partial charge is 0.224 e. The molecule has 2 aromatic rings. The second-order valence-corrected chi connectivity index (χ2v) is 7.96. The molecule has 0 saturated carbocycles. The van der Waals surface area contributed by atoms with E-state index in [-0.39, 0.29) is 17.7 Å². The van der Waals surface area contributed by atoms with Crippen LogP contribution in [0.1, 0.15) is 42.6 Å². The maximum atomic E-state index is 12.6. The van der Waals surface area contributed by atoms with Crippen LogP contribution in [0.25, 0.3) is 0 Å². The van der Waals surface area contributed by atoms with E-state index in [4.69, 9.17) is 0 Å². The van der Waals surface area contributed by atoms with Gasteiger partial charge in [-0.25, -0.2) is 0 Å². The molecule has 1 aromatic heterocycles. The topological polar surface area (TPSA) is 67.2 Å². The van der Waals surface area contributed by atoms with E-state index in [1.165, 1.54) is 5.56 Å². The zero-order valence-corrected chi connectivity index (χ0v) is 17.6. The molecule has 6 heteroatoms. The molecule has 1 fully saturated rings. The molecular formula is C23H32N4O2. The summed E-state index contributed by atoms with van der Waals surface area (Å²) in [6, 6.07) is 12.4. The van der Waals surface area contributed by atoms with Crippen molar-refractivity contribution in [3.63, 3.8) is 0 Å². The predicted octanol–water partition coefficient (Wildman–Crippen LogP) is 2.88. The van der Waals surface area contributed by atoms with E-state index in [1.807, 2.05) is 41.6 Å². The van der Waals surface area contributed by atoms with Crippen LogP contribution in [0.4, 0.5) is 0 Å². The lowest BCUT2D eigenvalue weighted by Crippen LogP contribution is -2.46. The fraction of sp³-hybridized carbons (Fsp3) is 0.522. The van der Waals surface area contributed by atoms with Crippen LogP contribution in [0.2, 0.25) is 0 Å². The molecule has 1 atom stereocenters. The summed E-state index contributed by atoms with van der Waals surface area (Å²) in [6.07, 6.45) is 3.84. The lowest BCUT2D eigenvalue weighted by molar-refractivity contribution is -0.138. The molecular weight excluding hydrogens is 364 g/mol. The molecule has 0 bridgehead atoms. The van der Waals surface area contributed by atoms with E-state index in [1.54, 1.807) is 0 Å². The van der Waals surface area contributed by atoms with Gasteiger partial charge in [0.2, 0.25) is 11.8 Å². The number of piperidine rings is 1. The van der Waals surface area contributed by atoms with Crippen LogP contribution < -0.4 is 5.32 Å². The van der Waals surface area contributed by atoms with Gasteiger partial charge < -0.3 is 10.2 Å². The van der Waals surface area contributed by atoms with E-state index in [0.717, 1.165) is 43.7 Å². The number of hydrogen-bond acceptors (Lipinski definition) is 3. The van der Waals surface area contributed by atoms with Crippen molar-refractivity contribution in [1.29, 1.82) is 0 Å². The van der Waals surface area contributed by atoms with Gasteiger partial charge in [-0.3, -0.25) is 14.3 Å². The van der Waals surface area contributed by atoms with Crippen molar-refractivity contribution in [1.82, 2.24) is 20.0 Å². The van der Waals surface area contributed by atoms with Crippen molar-refractivity contribution in [3.05, 3.63) is 53.3 Å². The number of carbonyl (C=O) groups is 2. The summed E-state index contributed by atoms with van der Waals surface area (Å²) < 4.78 is 1.98. The zero-order valence-electron chi connectivity index (χ0n) is 17.6. The highest BCUT2D eigenvalue weighted by atomic mass is 16.2. The Kier molecular flexibility index (Phi) is 7.44. The number of hydrogen-bond donors (Lipinski definition) is 1. The Morgan fingerprint density at radius 2 is 1.97 bits per heavy atom. The van der Waals surface area contributed by atoms with Crippen LogP contribution in [0.3, 0.4) is 0 Å². The Balaban J connectivity index is 1.38. The number of nitrogens with one attached hydrogen (secondary N) is 1. The van der Waals surface area contributed by atoms with Gasteiger partial charge in [-0.15, -0.1) is 0 Å². The number of benzene rings is 1. The second-order valence-electron chi connectivity index (χ2n) is 7.96. The molecule has 1 aliphatic rings. The van der Waals surface area contributed by atoms with Gasteiger partial charge in [-0.2, -0.15) is 5.10 Å². The highest BCUT2D eigenvalue weighted by Crippen LogP contribution is 2.18. The van der Waals surface area contributed by atoms with Crippen LogP contribution >= 0.6 is 0 Å². The van der Waals surface area contributed by atoms with Crippen LogP contribution in [0.5, 0.6) is 0 Å². The average molecular weight is 397 g/mol. The van der Waals surface area contributed by atoms with E-state index in [9.17, 15) is 9.59 Å². The Hall–Kier alpha value is -2.63. The van der Waals surface area contributed by atoms with Crippen molar-refractivity contribution in [2.45, 2.75) is 52.5 Å². The summed E-state index contributed by atoms with van der Waals surface area (Å²) in [6.45, 7) is 6.72. The van der Waals surface area contributed by atoms with Gasteiger partial charge in [-0.05, 0) is 51.2 Å². The molecule has 1 aliphatic heterocycles. The number of carbonyl (C=O) groups excluding carboxylic acids is 2. The summed E-state index contributed by atoms with van der Waals surface area (Å²) in [4.78, 5) is 26.7. The average Bonchev–Trinajstić information content (AvgIpc) is 3.04. The number of rotatable bonds is 9. The molecule has 1 N–H and O–H groups in total. The first-order valence-electron chi connectivity index (χ1n) is 10.6. The minimum Gasteiger partial charge on any atom is -0.356 e. The molecule has 29 heavy (non-hydrogen) atoms. The lowest BCUT2D eigenvalue weighted by atomic mass is 9.96. The Morgan fingerprint density at radius 1 is 1.17 bits per heavy atom. The highest BCUT2D eigenvalue weighted by Gasteiger charge is 2.29. The van der Waals surface area contributed by atoms with Crippen molar-refractivity contribution in [2.75, 3.05) is 19.6 Å². The maximum absolute atomic E-state index is 12.6. The van der Waals surface area contributed by atoms with E-state index >= 15 is 0 Å². The standard InChI is InChI=1S/C23H32N4O2/c1-18-16-19(2)27(25-18)15-7-13-24-23(29)21-11-12-22(28)26(17-21)14-6-10-20-8-4-3-5-9-20/h3-5,8-9,16,21H,6-7,10-15,17H2,1-2H3,(H,24,29)/t21-/m0/s1. The molecule has 0 aliphatic carbocycles. The van der Waals surface area contributed by atoms with Crippen molar-refractivity contribution < 1.29 is 9.59 Å². The number of nitrogens with zero attached hydrogens (tertiary/aromatic N) is 3. The first-order valence-corrected chi connectivity index (χ1v) is 10.6. The predicted molar refractivity (Wildman–Crippen MR) is 113 cm³/mol. The quantitative estimate of drug-likeness (QED) is 0.663. The van der Waals surface area contributed by atoms with Gasteiger partial charge in [0.15, 0.2) is 0 Å².